The van der Waals surface area contributed by atoms with Gasteiger partial charge in [-0.25, -0.2) is 0 Å². The minimum Gasteiger partial charge on any atom is -0.316 e. The topological polar surface area (TPSA) is 15.3 Å². The first-order valence-electron chi connectivity index (χ1n) is 7.51. The molecule has 0 spiro atoms. The number of hydrogen-bond donors (Lipinski definition) is 1. The highest BCUT2D eigenvalue weighted by Crippen LogP contribution is 2.20. The lowest BCUT2D eigenvalue weighted by atomic mass is 9.92. The van der Waals surface area contributed by atoms with E-state index in [9.17, 15) is 0 Å². The average Bonchev–Trinajstić information content (AvgIpc) is 2.21. The summed E-state index contributed by atoms with van der Waals surface area (Å²) in [6, 6.07) is 0. The summed E-state index contributed by atoms with van der Waals surface area (Å²) in [6.07, 6.45) is 4.10. The van der Waals surface area contributed by atoms with Crippen molar-refractivity contribution in [3.63, 3.8) is 0 Å². The second kappa shape index (κ2) is 8.10. The zero-order valence-corrected chi connectivity index (χ0v) is 12.3. The molecule has 17 heavy (non-hydrogen) atoms. The number of hydrogen-bond acceptors (Lipinski definition) is 2. The Morgan fingerprint density at radius 2 is 1.76 bits per heavy atom. The molecule has 0 radical (unpaired) electrons. The van der Waals surface area contributed by atoms with Crippen LogP contribution in [0.2, 0.25) is 0 Å². The summed E-state index contributed by atoms with van der Waals surface area (Å²) in [6.45, 7) is 15.6. The van der Waals surface area contributed by atoms with E-state index < -0.39 is 0 Å². The maximum Gasteiger partial charge on any atom is 0.000724 e. The van der Waals surface area contributed by atoms with E-state index in [1.165, 1.54) is 45.4 Å². The molecule has 1 rings (SSSR count). The fourth-order valence-electron chi connectivity index (χ4n) is 2.95. The predicted molar refractivity (Wildman–Crippen MR) is 76.3 cm³/mol. The van der Waals surface area contributed by atoms with Crippen LogP contribution in [0, 0.1) is 17.8 Å². The van der Waals surface area contributed by atoms with Gasteiger partial charge in [0.25, 0.3) is 0 Å². The molecular weight excluding hydrogens is 208 g/mol. The summed E-state index contributed by atoms with van der Waals surface area (Å²) < 4.78 is 0. The Hall–Kier alpha value is -0.0800. The summed E-state index contributed by atoms with van der Waals surface area (Å²) in [7, 11) is 0. The molecule has 1 N–H and O–H groups in total. The first-order valence-corrected chi connectivity index (χ1v) is 7.51. The van der Waals surface area contributed by atoms with Crippen molar-refractivity contribution in [3.8, 4) is 0 Å². The molecule has 2 unspecified atom stereocenters. The van der Waals surface area contributed by atoms with Gasteiger partial charge in [0.2, 0.25) is 0 Å². The Morgan fingerprint density at radius 1 is 1.12 bits per heavy atom. The van der Waals surface area contributed by atoms with E-state index in [0.29, 0.717) is 0 Å². The smallest absolute Gasteiger partial charge is 0.000724 e. The molecule has 0 amide bonds. The van der Waals surface area contributed by atoms with Gasteiger partial charge in [0.1, 0.15) is 0 Å². The van der Waals surface area contributed by atoms with Crippen LogP contribution in [0.25, 0.3) is 0 Å². The molecule has 0 saturated carbocycles. The number of rotatable bonds is 7. The Labute approximate surface area is 108 Å². The number of nitrogens with one attached hydrogen (secondary N) is 1. The third-order valence-corrected chi connectivity index (χ3v) is 3.57. The molecule has 102 valence electrons. The van der Waals surface area contributed by atoms with Crippen LogP contribution in [0.15, 0.2) is 0 Å². The van der Waals surface area contributed by atoms with Crippen LogP contribution < -0.4 is 5.32 Å². The lowest BCUT2D eigenvalue weighted by Gasteiger charge is -2.34. The van der Waals surface area contributed by atoms with Gasteiger partial charge in [-0.2, -0.15) is 0 Å². The van der Waals surface area contributed by atoms with Crippen LogP contribution in [-0.4, -0.2) is 37.6 Å². The van der Waals surface area contributed by atoms with Crippen molar-refractivity contribution in [1.29, 1.82) is 0 Å². The van der Waals surface area contributed by atoms with E-state index in [1.54, 1.807) is 0 Å². The molecular formula is C15H32N2. The number of piperidine rings is 1. The van der Waals surface area contributed by atoms with Crippen molar-refractivity contribution in [3.05, 3.63) is 0 Å². The number of unbranched alkanes of at least 4 members (excludes halogenated alkanes) is 1. The zero-order valence-electron chi connectivity index (χ0n) is 12.3. The Balaban J connectivity index is 1.98. The van der Waals surface area contributed by atoms with Gasteiger partial charge in [0.05, 0.1) is 0 Å². The molecule has 1 aliphatic heterocycles. The maximum absolute atomic E-state index is 3.52. The van der Waals surface area contributed by atoms with Gasteiger partial charge >= 0.3 is 0 Å². The first-order chi connectivity index (χ1) is 8.08. The SMILES string of the molecule is CC(C)CNCCCCN1CC(C)CC(C)C1. The third kappa shape index (κ3) is 7.05. The van der Waals surface area contributed by atoms with Crippen LogP contribution in [0.1, 0.15) is 47.0 Å². The van der Waals surface area contributed by atoms with Gasteiger partial charge in [0, 0.05) is 13.1 Å². The van der Waals surface area contributed by atoms with Crippen molar-refractivity contribution >= 4 is 0 Å². The fraction of sp³-hybridized carbons (Fsp3) is 1.00. The Bertz CT molecular complexity index is 181. The summed E-state index contributed by atoms with van der Waals surface area (Å²) in [5.74, 6) is 2.58. The van der Waals surface area contributed by atoms with E-state index in [1.807, 2.05) is 0 Å². The van der Waals surface area contributed by atoms with E-state index >= 15 is 0 Å². The van der Waals surface area contributed by atoms with E-state index in [4.69, 9.17) is 0 Å². The van der Waals surface area contributed by atoms with Gasteiger partial charge in [-0.15, -0.1) is 0 Å². The minimum atomic E-state index is 0.777. The molecule has 2 nitrogen and oxygen atoms in total. The van der Waals surface area contributed by atoms with Gasteiger partial charge in [-0.05, 0) is 56.7 Å². The van der Waals surface area contributed by atoms with Crippen molar-refractivity contribution in [2.45, 2.75) is 47.0 Å². The molecule has 2 heteroatoms. The highest BCUT2D eigenvalue weighted by molar-refractivity contribution is 4.74. The van der Waals surface area contributed by atoms with Gasteiger partial charge < -0.3 is 10.2 Å². The summed E-state index contributed by atoms with van der Waals surface area (Å²) in [5, 5.41) is 3.52. The van der Waals surface area contributed by atoms with Crippen LogP contribution in [0.3, 0.4) is 0 Å². The van der Waals surface area contributed by atoms with Crippen LogP contribution >= 0.6 is 0 Å². The third-order valence-electron chi connectivity index (χ3n) is 3.57. The molecule has 0 aromatic rings. The summed E-state index contributed by atoms with van der Waals surface area (Å²) >= 11 is 0. The van der Waals surface area contributed by atoms with Gasteiger partial charge in [-0.3, -0.25) is 0 Å². The lowest BCUT2D eigenvalue weighted by Crippen LogP contribution is -2.39. The van der Waals surface area contributed by atoms with E-state index in [2.05, 4.69) is 37.9 Å². The second-order valence-corrected chi connectivity index (χ2v) is 6.51. The zero-order chi connectivity index (χ0) is 12.7. The van der Waals surface area contributed by atoms with E-state index in [-0.39, 0.29) is 0 Å². The molecule has 1 fully saturated rings. The summed E-state index contributed by atoms with van der Waals surface area (Å²) in [4.78, 5) is 2.67. The monoisotopic (exact) mass is 240 g/mol. The Morgan fingerprint density at radius 3 is 2.35 bits per heavy atom. The van der Waals surface area contributed by atoms with Crippen LogP contribution in [0.4, 0.5) is 0 Å². The highest BCUT2D eigenvalue weighted by Gasteiger charge is 2.20. The quantitative estimate of drug-likeness (QED) is 0.688. The van der Waals surface area contributed by atoms with Crippen LogP contribution in [-0.2, 0) is 0 Å². The normalized spacial score (nSPS) is 26.6. The average molecular weight is 240 g/mol. The number of likely N-dealkylation sites (tertiary alicyclic amines) is 1. The Kier molecular flexibility index (Phi) is 7.14. The maximum atomic E-state index is 3.52. The largest absolute Gasteiger partial charge is 0.316 e. The molecule has 1 saturated heterocycles. The van der Waals surface area contributed by atoms with Crippen molar-refractivity contribution in [2.75, 3.05) is 32.7 Å². The fourth-order valence-corrected chi connectivity index (χ4v) is 2.95. The van der Waals surface area contributed by atoms with Gasteiger partial charge in [-0.1, -0.05) is 27.7 Å². The van der Waals surface area contributed by atoms with E-state index in [0.717, 1.165) is 24.3 Å². The molecule has 0 bridgehead atoms. The molecule has 0 aromatic carbocycles. The molecule has 0 aromatic heterocycles. The van der Waals surface area contributed by atoms with Crippen molar-refractivity contribution in [2.24, 2.45) is 17.8 Å². The minimum absolute atomic E-state index is 0.777. The van der Waals surface area contributed by atoms with Gasteiger partial charge in [0.15, 0.2) is 0 Å². The molecule has 0 aliphatic carbocycles. The second-order valence-electron chi connectivity index (χ2n) is 6.51. The predicted octanol–water partition coefficient (Wildman–Crippen LogP) is 2.99. The molecule has 1 heterocycles. The first kappa shape index (κ1) is 15.0. The summed E-state index contributed by atoms with van der Waals surface area (Å²) in [5.41, 5.74) is 0. The highest BCUT2D eigenvalue weighted by atomic mass is 15.1. The lowest BCUT2D eigenvalue weighted by molar-refractivity contribution is 0.139. The number of nitrogens with zero attached hydrogens (tertiary/aromatic N) is 1. The molecule has 1 aliphatic rings. The van der Waals surface area contributed by atoms with Crippen molar-refractivity contribution < 1.29 is 0 Å². The van der Waals surface area contributed by atoms with Crippen molar-refractivity contribution in [1.82, 2.24) is 10.2 Å². The standard InChI is InChI=1S/C15H32N2/c1-13(2)10-16-7-5-6-8-17-11-14(3)9-15(4)12-17/h13-16H,5-12H2,1-4H3. The molecule has 2 atom stereocenters. The van der Waals surface area contributed by atoms with Crippen LogP contribution in [0.5, 0.6) is 0 Å².